The molecule has 0 aliphatic heterocycles. The monoisotopic (exact) mass is 325 g/mol. The highest BCUT2D eigenvalue weighted by Gasteiger charge is 2.13. The average molecular weight is 325 g/mol. The van der Waals surface area contributed by atoms with E-state index in [4.69, 9.17) is 0 Å². The van der Waals surface area contributed by atoms with Crippen LogP contribution in [0, 0.1) is 0 Å². The fourth-order valence-electron chi connectivity index (χ4n) is 2.00. The van der Waals surface area contributed by atoms with Crippen LogP contribution >= 0.6 is 0 Å². The van der Waals surface area contributed by atoms with E-state index in [9.17, 15) is 19.6 Å². The number of rotatable bonds is 5. The second-order valence-electron chi connectivity index (χ2n) is 4.96. The molecule has 0 spiro atoms. The van der Waals surface area contributed by atoms with Crippen LogP contribution in [0.1, 0.15) is 22.8 Å². The quantitative estimate of drug-likeness (QED) is 0.355. The summed E-state index contributed by atoms with van der Waals surface area (Å²) in [4.78, 5) is 22.9. The smallest absolute Gasteiger partial charge is 0.423 e. The largest absolute Gasteiger partial charge is 0.489 e. The summed E-state index contributed by atoms with van der Waals surface area (Å²) in [6.45, 7) is 1.40. The molecule has 2 rings (SSSR count). The lowest BCUT2D eigenvalue weighted by Crippen LogP contribution is -2.33. The third-order valence-electron chi connectivity index (χ3n) is 3.11. The minimum Gasteiger partial charge on any atom is -0.423 e. The molecular weight excluding hydrogens is 309 g/mol. The number of anilines is 1. The predicted octanol–water partition coefficient (Wildman–Crippen LogP) is 0.0887. The molecule has 0 aromatic heterocycles. The van der Waals surface area contributed by atoms with E-state index in [1.165, 1.54) is 13.1 Å². The molecule has 0 saturated carbocycles. The molecule has 0 aliphatic rings. The molecule has 7 nitrogen and oxygen atoms in total. The van der Waals surface area contributed by atoms with Gasteiger partial charge in [-0.1, -0.05) is 24.3 Å². The highest BCUT2D eigenvalue weighted by Crippen LogP contribution is 2.09. The lowest BCUT2D eigenvalue weighted by molar-refractivity contribution is -0.114. The molecule has 0 heterocycles. The highest BCUT2D eigenvalue weighted by atomic mass is 16.4. The van der Waals surface area contributed by atoms with Crippen LogP contribution in [0.5, 0.6) is 0 Å². The van der Waals surface area contributed by atoms with Crippen molar-refractivity contribution in [2.24, 2.45) is 5.10 Å². The lowest BCUT2D eigenvalue weighted by atomic mass is 9.77. The first-order valence-electron chi connectivity index (χ1n) is 7.13. The maximum atomic E-state index is 12.0. The number of nitrogens with one attached hydrogen (secondary N) is 2. The normalized spacial score (nSPS) is 10.5. The van der Waals surface area contributed by atoms with Crippen molar-refractivity contribution >= 4 is 36.3 Å². The van der Waals surface area contributed by atoms with Gasteiger partial charge >= 0.3 is 7.12 Å². The van der Waals surface area contributed by atoms with Gasteiger partial charge in [-0.05, 0) is 35.3 Å². The van der Waals surface area contributed by atoms with Crippen molar-refractivity contribution in [3.63, 3.8) is 0 Å². The van der Waals surface area contributed by atoms with Crippen LogP contribution in [0.3, 0.4) is 0 Å². The second-order valence-corrected chi connectivity index (χ2v) is 4.96. The Hall–Kier alpha value is -2.97. The van der Waals surface area contributed by atoms with Gasteiger partial charge in [-0.25, -0.2) is 5.43 Å². The van der Waals surface area contributed by atoms with Gasteiger partial charge in [0.2, 0.25) is 5.91 Å². The van der Waals surface area contributed by atoms with E-state index < -0.39 is 13.0 Å². The summed E-state index contributed by atoms with van der Waals surface area (Å²) in [6, 6.07) is 12.9. The molecule has 2 aromatic rings. The standard InChI is InChI=1S/C16H16BN3O4/c1-11(21)19-14-8-6-12(7-9-14)16(22)20-18-10-13-4-2-3-5-15(13)17(23)24/h2-10,23-24H,1H3,(H,19,21)(H,20,22)/b18-10+. The fourth-order valence-corrected chi connectivity index (χ4v) is 2.00. The third kappa shape index (κ3) is 4.77. The van der Waals surface area contributed by atoms with Crippen molar-refractivity contribution < 1.29 is 19.6 Å². The summed E-state index contributed by atoms with van der Waals surface area (Å²) in [7, 11) is -1.62. The van der Waals surface area contributed by atoms with Gasteiger partial charge in [-0.15, -0.1) is 0 Å². The lowest BCUT2D eigenvalue weighted by Gasteiger charge is -2.05. The number of carbonyl (C=O) groups excluding carboxylic acids is 2. The number of amides is 2. The first-order chi connectivity index (χ1) is 11.5. The SMILES string of the molecule is CC(=O)Nc1ccc(C(=O)N/N=C/c2ccccc2B(O)O)cc1. The summed E-state index contributed by atoms with van der Waals surface area (Å²) in [5, 5.41) is 24.9. The molecule has 8 heteroatoms. The van der Waals surface area contributed by atoms with E-state index in [2.05, 4.69) is 15.8 Å². The van der Waals surface area contributed by atoms with Gasteiger partial charge in [-0.2, -0.15) is 5.10 Å². The summed E-state index contributed by atoms with van der Waals surface area (Å²) in [6.07, 6.45) is 1.33. The fraction of sp³-hybridized carbons (Fsp3) is 0.0625. The van der Waals surface area contributed by atoms with E-state index in [1.54, 1.807) is 48.5 Å². The number of hydrogen-bond acceptors (Lipinski definition) is 5. The van der Waals surface area contributed by atoms with Crippen LogP contribution in [-0.4, -0.2) is 35.2 Å². The van der Waals surface area contributed by atoms with Gasteiger partial charge in [0.1, 0.15) is 0 Å². The maximum Gasteiger partial charge on any atom is 0.489 e. The van der Waals surface area contributed by atoms with Crippen molar-refractivity contribution in [2.45, 2.75) is 6.92 Å². The summed E-state index contributed by atoms with van der Waals surface area (Å²) in [5.41, 5.74) is 4.08. The molecule has 0 radical (unpaired) electrons. The first-order valence-corrected chi connectivity index (χ1v) is 7.13. The van der Waals surface area contributed by atoms with Crippen molar-refractivity contribution in [1.29, 1.82) is 0 Å². The van der Waals surface area contributed by atoms with E-state index in [0.717, 1.165) is 0 Å². The number of hydrogen-bond donors (Lipinski definition) is 4. The minimum absolute atomic E-state index is 0.193. The molecule has 0 unspecified atom stereocenters. The molecule has 2 aromatic carbocycles. The molecule has 0 atom stereocenters. The molecule has 0 fully saturated rings. The summed E-state index contributed by atoms with van der Waals surface area (Å²) < 4.78 is 0. The zero-order valence-electron chi connectivity index (χ0n) is 12.9. The minimum atomic E-state index is -1.62. The Balaban J connectivity index is 2.01. The zero-order chi connectivity index (χ0) is 17.5. The number of nitrogens with zero attached hydrogens (tertiary/aromatic N) is 1. The van der Waals surface area contributed by atoms with Crippen LogP contribution in [-0.2, 0) is 4.79 Å². The number of hydrazone groups is 1. The van der Waals surface area contributed by atoms with Gasteiger partial charge < -0.3 is 15.4 Å². The Morgan fingerprint density at radius 1 is 1.08 bits per heavy atom. The van der Waals surface area contributed by atoms with E-state index in [-0.39, 0.29) is 11.4 Å². The Morgan fingerprint density at radius 2 is 1.75 bits per heavy atom. The molecule has 4 N–H and O–H groups in total. The van der Waals surface area contributed by atoms with Gasteiger partial charge in [-0.3, -0.25) is 9.59 Å². The highest BCUT2D eigenvalue weighted by molar-refractivity contribution is 6.60. The summed E-state index contributed by atoms with van der Waals surface area (Å²) in [5.74, 6) is -0.621. The number of benzene rings is 2. The van der Waals surface area contributed by atoms with E-state index >= 15 is 0 Å². The molecule has 0 bridgehead atoms. The van der Waals surface area contributed by atoms with Gasteiger partial charge in [0.15, 0.2) is 0 Å². The Labute approximate surface area is 139 Å². The molecule has 24 heavy (non-hydrogen) atoms. The number of carbonyl (C=O) groups is 2. The van der Waals surface area contributed by atoms with Crippen molar-refractivity contribution in [3.8, 4) is 0 Å². The van der Waals surface area contributed by atoms with E-state index in [1.807, 2.05) is 0 Å². The first kappa shape index (κ1) is 17.4. The van der Waals surface area contributed by atoms with Crippen molar-refractivity contribution in [2.75, 3.05) is 5.32 Å². The molecule has 2 amide bonds. The van der Waals surface area contributed by atoms with Crippen LogP contribution < -0.4 is 16.2 Å². The van der Waals surface area contributed by atoms with Crippen LogP contribution in [0.2, 0.25) is 0 Å². The van der Waals surface area contributed by atoms with Crippen LogP contribution in [0.4, 0.5) is 5.69 Å². The van der Waals surface area contributed by atoms with Crippen LogP contribution in [0.15, 0.2) is 53.6 Å². The molecule has 0 aliphatic carbocycles. The molecule has 122 valence electrons. The maximum absolute atomic E-state index is 12.0. The second kappa shape index (κ2) is 8.05. The van der Waals surface area contributed by atoms with Gasteiger partial charge in [0.25, 0.3) is 5.91 Å². The topological polar surface area (TPSA) is 111 Å². The Bertz CT molecular complexity index is 760. The Morgan fingerprint density at radius 3 is 2.38 bits per heavy atom. The van der Waals surface area contributed by atoms with Crippen LogP contribution in [0.25, 0.3) is 0 Å². The molecule has 0 saturated heterocycles. The average Bonchev–Trinajstić information content (AvgIpc) is 2.55. The third-order valence-corrected chi connectivity index (χ3v) is 3.11. The summed E-state index contributed by atoms with van der Waals surface area (Å²) >= 11 is 0. The van der Waals surface area contributed by atoms with Gasteiger partial charge in [0, 0.05) is 18.2 Å². The van der Waals surface area contributed by atoms with Crippen molar-refractivity contribution in [1.82, 2.24) is 5.43 Å². The van der Waals surface area contributed by atoms with Crippen molar-refractivity contribution in [3.05, 3.63) is 59.7 Å². The van der Waals surface area contributed by atoms with E-state index in [0.29, 0.717) is 16.8 Å². The Kier molecular flexibility index (Phi) is 5.83. The predicted molar refractivity (Wildman–Crippen MR) is 92.1 cm³/mol. The molecular formula is C16H16BN3O4. The van der Waals surface area contributed by atoms with Gasteiger partial charge in [0.05, 0.1) is 6.21 Å². The zero-order valence-corrected chi connectivity index (χ0v) is 12.9.